The average Bonchev–Trinajstić information content (AvgIpc) is 2.64. The first-order chi connectivity index (χ1) is 13.2. The summed E-state index contributed by atoms with van der Waals surface area (Å²) >= 11 is 5.88. The molecule has 0 fully saturated rings. The Labute approximate surface area is 172 Å². The molecule has 2 aromatic rings. The van der Waals surface area contributed by atoms with Gasteiger partial charge in [0, 0.05) is 11.6 Å². The van der Waals surface area contributed by atoms with Crippen molar-refractivity contribution in [2.45, 2.75) is 39.2 Å². The smallest absolute Gasteiger partial charge is 0.243 e. The Morgan fingerprint density at radius 2 is 1.71 bits per heavy atom. The van der Waals surface area contributed by atoms with Crippen LogP contribution in [0.4, 0.5) is 5.69 Å². The molecule has 0 radical (unpaired) electrons. The molecule has 0 saturated heterocycles. The van der Waals surface area contributed by atoms with Gasteiger partial charge in [0.2, 0.25) is 15.9 Å². The number of benzene rings is 2. The number of halogens is 1. The minimum Gasteiger partial charge on any atom is -0.354 e. The van der Waals surface area contributed by atoms with Crippen LogP contribution in [0.25, 0.3) is 0 Å². The molecular formula is C21H27ClN2O3S. The lowest BCUT2D eigenvalue weighted by molar-refractivity contribution is -0.122. The Hall–Kier alpha value is -2.05. The zero-order valence-corrected chi connectivity index (χ0v) is 18.1. The second-order valence-electron chi connectivity index (χ2n) is 6.84. The van der Waals surface area contributed by atoms with Gasteiger partial charge in [0.05, 0.1) is 11.9 Å². The van der Waals surface area contributed by atoms with Crippen molar-refractivity contribution in [1.82, 2.24) is 5.32 Å². The average molecular weight is 423 g/mol. The van der Waals surface area contributed by atoms with Crippen molar-refractivity contribution in [3.63, 3.8) is 0 Å². The number of hydrogen-bond donors (Lipinski definition) is 1. The summed E-state index contributed by atoms with van der Waals surface area (Å²) in [5.74, 6) is -0.287. The molecule has 5 nitrogen and oxygen atoms in total. The molecule has 0 aliphatic carbocycles. The van der Waals surface area contributed by atoms with Gasteiger partial charge in [-0.3, -0.25) is 9.10 Å². The topological polar surface area (TPSA) is 66.5 Å². The lowest BCUT2D eigenvalue weighted by Gasteiger charge is -2.30. The molecule has 0 saturated carbocycles. The highest BCUT2D eigenvalue weighted by atomic mass is 35.5. The van der Waals surface area contributed by atoms with Crippen LogP contribution in [0.15, 0.2) is 48.5 Å². The van der Waals surface area contributed by atoms with Gasteiger partial charge in [0.25, 0.3) is 0 Å². The Morgan fingerprint density at radius 1 is 1.11 bits per heavy atom. The van der Waals surface area contributed by atoms with Gasteiger partial charge in [-0.1, -0.05) is 48.4 Å². The van der Waals surface area contributed by atoms with Crippen molar-refractivity contribution in [2.24, 2.45) is 0 Å². The van der Waals surface area contributed by atoms with Gasteiger partial charge < -0.3 is 5.32 Å². The molecule has 0 bridgehead atoms. The first kappa shape index (κ1) is 22.2. The van der Waals surface area contributed by atoms with Gasteiger partial charge in [-0.15, -0.1) is 0 Å². The van der Waals surface area contributed by atoms with E-state index in [1.807, 2.05) is 50.2 Å². The highest BCUT2D eigenvalue weighted by molar-refractivity contribution is 7.92. The van der Waals surface area contributed by atoms with Crippen LogP contribution in [-0.4, -0.2) is 33.2 Å². The first-order valence-electron chi connectivity index (χ1n) is 9.30. The molecule has 7 heteroatoms. The van der Waals surface area contributed by atoms with E-state index in [0.29, 0.717) is 23.7 Å². The van der Waals surface area contributed by atoms with Crippen LogP contribution in [0.2, 0.25) is 5.02 Å². The van der Waals surface area contributed by atoms with E-state index in [4.69, 9.17) is 11.6 Å². The van der Waals surface area contributed by atoms with Gasteiger partial charge >= 0.3 is 0 Å². The van der Waals surface area contributed by atoms with E-state index >= 15 is 0 Å². The summed E-state index contributed by atoms with van der Waals surface area (Å²) in [5, 5.41) is 3.57. The Bertz CT molecular complexity index is 881. The first-order valence-corrected chi connectivity index (χ1v) is 11.5. The van der Waals surface area contributed by atoms with Crippen LogP contribution in [-0.2, 0) is 21.2 Å². The third kappa shape index (κ3) is 6.24. The normalized spacial score (nSPS) is 12.4. The molecule has 28 heavy (non-hydrogen) atoms. The van der Waals surface area contributed by atoms with E-state index < -0.39 is 16.1 Å². The molecule has 1 atom stereocenters. The Balaban J connectivity index is 2.02. The van der Waals surface area contributed by atoms with Crippen LogP contribution in [0, 0.1) is 6.92 Å². The lowest BCUT2D eigenvalue weighted by atomic mass is 10.1. The van der Waals surface area contributed by atoms with E-state index in [1.165, 1.54) is 4.31 Å². The molecule has 0 aliphatic rings. The monoisotopic (exact) mass is 422 g/mol. The number of aryl methyl sites for hydroxylation is 2. The van der Waals surface area contributed by atoms with Gasteiger partial charge in [-0.25, -0.2) is 8.42 Å². The number of nitrogens with one attached hydrogen (secondary N) is 1. The molecule has 1 amide bonds. The molecule has 152 valence electrons. The van der Waals surface area contributed by atoms with Crippen molar-refractivity contribution >= 4 is 33.2 Å². The van der Waals surface area contributed by atoms with E-state index in [1.54, 1.807) is 12.1 Å². The maximum Gasteiger partial charge on any atom is 0.243 e. The molecule has 0 aliphatic heterocycles. The van der Waals surface area contributed by atoms with Crippen LogP contribution in [0.5, 0.6) is 0 Å². The summed E-state index contributed by atoms with van der Waals surface area (Å²) < 4.78 is 26.0. The summed E-state index contributed by atoms with van der Waals surface area (Å²) in [6.45, 7) is 4.22. The number of hydrogen-bond acceptors (Lipinski definition) is 3. The summed E-state index contributed by atoms with van der Waals surface area (Å²) in [6.07, 6.45) is 3.07. The number of carbonyl (C=O) groups is 1. The SMILES string of the molecule is CCC(C(=O)NCCCc1ccc(Cl)cc1)N(c1ccc(C)cc1)S(C)(=O)=O. The largest absolute Gasteiger partial charge is 0.354 e. The quantitative estimate of drug-likeness (QED) is 0.622. The van der Waals surface area contributed by atoms with E-state index in [0.717, 1.165) is 30.2 Å². The molecule has 2 aromatic carbocycles. The number of anilines is 1. The van der Waals surface area contributed by atoms with Gasteiger partial charge in [0.1, 0.15) is 6.04 Å². The second kappa shape index (κ2) is 9.94. The van der Waals surface area contributed by atoms with Crippen LogP contribution < -0.4 is 9.62 Å². The molecule has 1 unspecified atom stereocenters. The summed E-state index contributed by atoms with van der Waals surface area (Å²) in [4.78, 5) is 12.7. The number of rotatable bonds is 9. The third-order valence-corrected chi connectivity index (χ3v) is 5.90. The zero-order chi connectivity index (χ0) is 20.7. The van der Waals surface area contributed by atoms with E-state index in [2.05, 4.69) is 5.32 Å². The van der Waals surface area contributed by atoms with E-state index in [9.17, 15) is 13.2 Å². The van der Waals surface area contributed by atoms with Crippen molar-refractivity contribution in [3.05, 3.63) is 64.7 Å². The van der Waals surface area contributed by atoms with E-state index in [-0.39, 0.29) is 5.91 Å². The lowest BCUT2D eigenvalue weighted by Crippen LogP contribution is -2.49. The fourth-order valence-electron chi connectivity index (χ4n) is 3.02. The Morgan fingerprint density at radius 3 is 2.25 bits per heavy atom. The number of sulfonamides is 1. The number of amides is 1. The van der Waals surface area contributed by atoms with Crippen molar-refractivity contribution in [2.75, 3.05) is 17.1 Å². The van der Waals surface area contributed by atoms with Crippen LogP contribution >= 0.6 is 11.6 Å². The predicted molar refractivity (Wildman–Crippen MR) is 115 cm³/mol. The van der Waals surface area contributed by atoms with Gasteiger partial charge in [-0.05, 0) is 56.0 Å². The van der Waals surface area contributed by atoms with Crippen LogP contribution in [0.1, 0.15) is 30.9 Å². The van der Waals surface area contributed by atoms with Crippen LogP contribution in [0.3, 0.4) is 0 Å². The molecule has 0 aromatic heterocycles. The number of carbonyl (C=O) groups excluding carboxylic acids is 1. The van der Waals surface area contributed by atoms with Crippen molar-refractivity contribution in [1.29, 1.82) is 0 Å². The minimum atomic E-state index is -3.60. The summed E-state index contributed by atoms with van der Waals surface area (Å²) in [7, 11) is -3.60. The molecule has 0 spiro atoms. The maximum atomic E-state index is 12.7. The fraction of sp³-hybridized carbons (Fsp3) is 0.381. The summed E-state index contributed by atoms with van der Waals surface area (Å²) in [5.41, 5.74) is 2.66. The maximum absolute atomic E-state index is 12.7. The zero-order valence-electron chi connectivity index (χ0n) is 16.5. The molecule has 2 rings (SSSR count). The third-order valence-electron chi connectivity index (χ3n) is 4.47. The fourth-order valence-corrected chi connectivity index (χ4v) is 4.36. The standard InChI is InChI=1S/C21H27ClN2O3S/c1-4-20(24(28(3,26)27)19-13-7-16(2)8-14-19)21(25)23-15-5-6-17-9-11-18(22)12-10-17/h7-14,20H,4-6,15H2,1-3H3,(H,23,25). The molecule has 1 N–H and O–H groups in total. The minimum absolute atomic E-state index is 0.287. The Kier molecular flexibility index (Phi) is 7.89. The van der Waals surface area contributed by atoms with Gasteiger partial charge in [0.15, 0.2) is 0 Å². The highest BCUT2D eigenvalue weighted by Crippen LogP contribution is 2.23. The highest BCUT2D eigenvalue weighted by Gasteiger charge is 2.31. The van der Waals surface area contributed by atoms with Crippen molar-refractivity contribution < 1.29 is 13.2 Å². The predicted octanol–water partition coefficient (Wildman–Crippen LogP) is 3.94. The summed E-state index contributed by atoms with van der Waals surface area (Å²) in [6, 6.07) is 14.0. The number of nitrogens with zero attached hydrogens (tertiary/aromatic N) is 1. The van der Waals surface area contributed by atoms with Crippen molar-refractivity contribution in [3.8, 4) is 0 Å². The molecular weight excluding hydrogens is 396 g/mol. The van der Waals surface area contributed by atoms with Gasteiger partial charge in [-0.2, -0.15) is 0 Å². The second-order valence-corrected chi connectivity index (χ2v) is 9.14. The molecule has 0 heterocycles.